The van der Waals surface area contributed by atoms with Gasteiger partial charge in [0.2, 0.25) is 0 Å². The summed E-state index contributed by atoms with van der Waals surface area (Å²) in [6, 6.07) is 4.13. The normalized spacial score (nSPS) is 23.3. The van der Waals surface area contributed by atoms with E-state index >= 15 is 0 Å². The third-order valence-corrected chi connectivity index (χ3v) is 5.51. The van der Waals surface area contributed by atoms with Crippen LogP contribution in [-0.4, -0.2) is 47.1 Å². The second kappa shape index (κ2) is 7.67. The maximum absolute atomic E-state index is 6.16. The molecule has 2 aromatic rings. The number of hydrogen-bond donors (Lipinski definition) is 1. The number of rotatable bonds is 5. The summed E-state index contributed by atoms with van der Waals surface area (Å²) in [7, 11) is 1.67. The van der Waals surface area contributed by atoms with Gasteiger partial charge in [-0.1, -0.05) is 12.2 Å². The fourth-order valence-electron chi connectivity index (χ4n) is 3.91. The molecule has 4 heterocycles. The fraction of sp³-hybridized carbons (Fsp3) is 0.318. The maximum atomic E-state index is 6.16. The SMILES string of the molecule is COC1=CC2N=CC=C(OCc3nnc4ccc(C5=CCNCC5)cn34)C2C=C1. The third-order valence-electron chi connectivity index (χ3n) is 5.51. The van der Waals surface area contributed by atoms with Gasteiger partial charge in [-0.05, 0) is 54.5 Å². The Balaban J connectivity index is 1.35. The monoisotopic (exact) mass is 389 g/mol. The minimum Gasteiger partial charge on any atom is -0.497 e. The molecule has 0 saturated carbocycles. The highest BCUT2D eigenvalue weighted by atomic mass is 16.5. The van der Waals surface area contributed by atoms with Gasteiger partial charge in [-0.25, -0.2) is 0 Å². The van der Waals surface area contributed by atoms with Crippen molar-refractivity contribution in [2.75, 3.05) is 20.2 Å². The van der Waals surface area contributed by atoms with E-state index in [0.717, 1.165) is 42.5 Å². The van der Waals surface area contributed by atoms with Crippen LogP contribution in [0, 0.1) is 5.92 Å². The van der Waals surface area contributed by atoms with E-state index < -0.39 is 0 Å². The van der Waals surface area contributed by atoms with Crippen LogP contribution in [0.1, 0.15) is 17.8 Å². The van der Waals surface area contributed by atoms with Crippen LogP contribution < -0.4 is 5.32 Å². The molecular weight excluding hydrogens is 366 g/mol. The van der Waals surface area contributed by atoms with E-state index in [1.54, 1.807) is 13.3 Å². The first kappa shape index (κ1) is 17.9. The Morgan fingerprint density at radius 1 is 1.28 bits per heavy atom. The van der Waals surface area contributed by atoms with E-state index in [1.807, 2.05) is 28.7 Å². The molecule has 148 valence electrons. The quantitative estimate of drug-likeness (QED) is 0.851. The Labute approximate surface area is 169 Å². The molecule has 0 bridgehead atoms. The summed E-state index contributed by atoms with van der Waals surface area (Å²) >= 11 is 0. The molecule has 0 amide bonds. The van der Waals surface area contributed by atoms with E-state index in [2.05, 4.69) is 44.9 Å². The predicted molar refractivity (Wildman–Crippen MR) is 111 cm³/mol. The molecule has 1 aliphatic carbocycles. The van der Waals surface area contributed by atoms with Crippen molar-refractivity contribution in [2.45, 2.75) is 19.1 Å². The second-order valence-corrected chi connectivity index (χ2v) is 7.25. The summed E-state index contributed by atoms with van der Waals surface area (Å²) in [5.41, 5.74) is 3.38. The van der Waals surface area contributed by atoms with Crippen LogP contribution in [0.3, 0.4) is 0 Å². The summed E-state index contributed by atoms with van der Waals surface area (Å²) in [5.74, 6) is 2.56. The summed E-state index contributed by atoms with van der Waals surface area (Å²) in [6.45, 7) is 2.27. The Bertz CT molecular complexity index is 1080. The maximum Gasteiger partial charge on any atom is 0.175 e. The zero-order chi connectivity index (χ0) is 19.6. The molecule has 29 heavy (non-hydrogen) atoms. The number of fused-ring (bicyclic) bond motifs is 2. The number of pyridine rings is 1. The average molecular weight is 389 g/mol. The van der Waals surface area contributed by atoms with Gasteiger partial charge in [0, 0.05) is 19.0 Å². The zero-order valence-corrected chi connectivity index (χ0v) is 16.3. The number of nitrogens with one attached hydrogen (secondary N) is 1. The molecule has 7 heteroatoms. The topological polar surface area (TPSA) is 73.0 Å². The molecule has 0 spiro atoms. The van der Waals surface area contributed by atoms with Crippen LogP contribution in [0.2, 0.25) is 0 Å². The molecule has 0 aromatic carbocycles. The average Bonchev–Trinajstić information content (AvgIpc) is 3.20. The highest BCUT2D eigenvalue weighted by molar-refractivity contribution is 5.74. The number of aromatic nitrogens is 3. The summed E-state index contributed by atoms with van der Waals surface area (Å²) in [4.78, 5) is 4.52. The molecule has 3 aliphatic rings. The molecular formula is C22H23N5O2. The smallest absolute Gasteiger partial charge is 0.175 e. The lowest BCUT2D eigenvalue weighted by molar-refractivity contribution is 0.162. The second-order valence-electron chi connectivity index (χ2n) is 7.25. The van der Waals surface area contributed by atoms with Gasteiger partial charge in [0.25, 0.3) is 0 Å². The lowest BCUT2D eigenvalue weighted by atomic mass is 9.91. The molecule has 5 rings (SSSR count). The number of nitrogens with zero attached hydrogens (tertiary/aromatic N) is 4. The van der Waals surface area contributed by atoms with Crippen LogP contribution in [-0.2, 0) is 16.1 Å². The van der Waals surface area contributed by atoms with Crippen molar-refractivity contribution in [1.82, 2.24) is 19.9 Å². The van der Waals surface area contributed by atoms with Gasteiger partial charge >= 0.3 is 0 Å². The highest BCUT2D eigenvalue weighted by Crippen LogP contribution is 2.30. The largest absolute Gasteiger partial charge is 0.497 e. The molecule has 2 aromatic heterocycles. The number of aliphatic imine (C=N–C) groups is 1. The number of ether oxygens (including phenoxy) is 2. The highest BCUT2D eigenvalue weighted by Gasteiger charge is 2.27. The molecule has 0 radical (unpaired) electrons. The Kier molecular flexibility index (Phi) is 4.73. The third kappa shape index (κ3) is 3.49. The molecule has 2 unspecified atom stereocenters. The van der Waals surface area contributed by atoms with Crippen molar-refractivity contribution in [3.63, 3.8) is 0 Å². The first-order valence-corrected chi connectivity index (χ1v) is 9.86. The molecule has 0 fully saturated rings. The minimum atomic E-state index is 0.00328. The summed E-state index contributed by atoms with van der Waals surface area (Å²) < 4.78 is 13.5. The van der Waals surface area contributed by atoms with Crippen molar-refractivity contribution in [3.05, 3.63) is 71.6 Å². The van der Waals surface area contributed by atoms with Gasteiger partial charge in [-0.3, -0.25) is 9.39 Å². The van der Waals surface area contributed by atoms with E-state index in [-0.39, 0.29) is 12.0 Å². The zero-order valence-electron chi connectivity index (χ0n) is 16.3. The number of hydrogen-bond acceptors (Lipinski definition) is 6. The molecule has 0 saturated heterocycles. The molecule has 2 atom stereocenters. The predicted octanol–water partition coefficient (Wildman–Crippen LogP) is 2.68. The Morgan fingerprint density at radius 3 is 3.10 bits per heavy atom. The minimum absolute atomic E-state index is 0.00328. The van der Waals surface area contributed by atoms with E-state index in [9.17, 15) is 0 Å². The van der Waals surface area contributed by atoms with Gasteiger partial charge in [-0.15, -0.1) is 10.2 Å². The lowest BCUT2D eigenvalue weighted by Crippen LogP contribution is -2.24. The van der Waals surface area contributed by atoms with E-state index in [0.29, 0.717) is 6.61 Å². The van der Waals surface area contributed by atoms with Crippen LogP contribution in [0.4, 0.5) is 0 Å². The van der Waals surface area contributed by atoms with Crippen molar-refractivity contribution in [1.29, 1.82) is 0 Å². The van der Waals surface area contributed by atoms with Crippen molar-refractivity contribution in [2.24, 2.45) is 10.9 Å². The summed E-state index contributed by atoms with van der Waals surface area (Å²) in [5, 5.41) is 12.0. The van der Waals surface area contributed by atoms with Gasteiger partial charge in [0.15, 0.2) is 11.5 Å². The molecule has 1 N–H and O–H groups in total. The van der Waals surface area contributed by atoms with Crippen molar-refractivity contribution >= 4 is 17.4 Å². The molecule has 2 aliphatic heterocycles. The van der Waals surface area contributed by atoms with Crippen LogP contribution >= 0.6 is 0 Å². The van der Waals surface area contributed by atoms with Crippen LogP contribution in [0.25, 0.3) is 11.2 Å². The Hall–Kier alpha value is -3.19. The van der Waals surface area contributed by atoms with E-state index in [4.69, 9.17) is 9.47 Å². The fourth-order valence-corrected chi connectivity index (χ4v) is 3.91. The van der Waals surface area contributed by atoms with Crippen molar-refractivity contribution in [3.8, 4) is 0 Å². The van der Waals surface area contributed by atoms with Crippen molar-refractivity contribution < 1.29 is 9.47 Å². The first-order chi connectivity index (χ1) is 14.3. The van der Waals surface area contributed by atoms with Crippen LogP contribution in [0.5, 0.6) is 0 Å². The van der Waals surface area contributed by atoms with Crippen LogP contribution in [0.15, 0.2) is 65.2 Å². The summed E-state index contributed by atoms with van der Waals surface area (Å²) in [6.07, 6.45) is 15.2. The van der Waals surface area contributed by atoms with Gasteiger partial charge in [0.05, 0.1) is 19.1 Å². The first-order valence-electron chi connectivity index (χ1n) is 9.86. The Morgan fingerprint density at radius 2 is 2.24 bits per heavy atom. The number of methoxy groups -OCH3 is 1. The number of allylic oxidation sites excluding steroid dienone is 2. The van der Waals surface area contributed by atoms with Gasteiger partial charge in [-0.2, -0.15) is 0 Å². The lowest BCUT2D eigenvalue weighted by Gasteiger charge is -2.27. The standard InChI is InChI=1S/C22H23N5O2/c1-28-17-3-4-18-19(12-17)24-11-8-20(18)29-14-22-26-25-21-5-2-16(13-27(21)22)15-6-9-23-10-7-15/h2-6,8,11-13,18-19,23H,7,9-10,14H2,1H3. The molecule has 7 nitrogen and oxygen atoms in total. The number of dihydropyridines is 1. The van der Waals surface area contributed by atoms with Gasteiger partial charge < -0.3 is 14.8 Å². The van der Waals surface area contributed by atoms with E-state index in [1.165, 1.54) is 11.1 Å². The van der Waals surface area contributed by atoms with Gasteiger partial charge in [0.1, 0.15) is 18.1 Å².